The third-order valence-corrected chi connectivity index (χ3v) is 5.82. The SMILES string of the molecule is CC1CCCC(N(C)S(=O)(=O)c2cccc(O)c2)C1. The first-order valence-corrected chi connectivity index (χ1v) is 8.12. The molecule has 0 bridgehead atoms. The van der Waals surface area contributed by atoms with Gasteiger partial charge in [0.05, 0.1) is 4.90 Å². The van der Waals surface area contributed by atoms with Gasteiger partial charge < -0.3 is 5.11 Å². The van der Waals surface area contributed by atoms with Gasteiger partial charge in [0.2, 0.25) is 10.0 Å². The molecule has 1 aromatic carbocycles. The fraction of sp³-hybridized carbons (Fsp3) is 0.571. The van der Waals surface area contributed by atoms with Crippen LogP contribution in [0.25, 0.3) is 0 Å². The third-order valence-electron chi connectivity index (χ3n) is 3.92. The van der Waals surface area contributed by atoms with Gasteiger partial charge in [-0.1, -0.05) is 25.8 Å². The van der Waals surface area contributed by atoms with Crippen molar-refractivity contribution in [3.8, 4) is 5.75 Å². The van der Waals surface area contributed by atoms with E-state index in [1.54, 1.807) is 13.1 Å². The maximum absolute atomic E-state index is 12.5. The van der Waals surface area contributed by atoms with Gasteiger partial charge in [-0.2, -0.15) is 4.31 Å². The van der Waals surface area contributed by atoms with E-state index in [0.717, 1.165) is 19.3 Å². The molecule has 1 fully saturated rings. The molecule has 5 heteroatoms. The summed E-state index contributed by atoms with van der Waals surface area (Å²) in [5.74, 6) is 0.548. The van der Waals surface area contributed by atoms with E-state index in [1.165, 1.54) is 28.9 Å². The van der Waals surface area contributed by atoms with Gasteiger partial charge in [-0.05, 0) is 37.0 Å². The van der Waals surface area contributed by atoms with E-state index in [-0.39, 0.29) is 16.7 Å². The maximum atomic E-state index is 12.5. The van der Waals surface area contributed by atoms with E-state index in [9.17, 15) is 13.5 Å². The van der Waals surface area contributed by atoms with Crippen LogP contribution >= 0.6 is 0 Å². The van der Waals surface area contributed by atoms with Gasteiger partial charge in [0.15, 0.2) is 0 Å². The van der Waals surface area contributed by atoms with Crippen molar-refractivity contribution < 1.29 is 13.5 Å². The molecule has 106 valence electrons. The number of phenols is 1. The molecule has 4 nitrogen and oxygen atoms in total. The molecule has 0 saturated heterocycles. The van der Waals surface area contributed by atoms with Gasteiger partial charge in [0.25, 0.3) is 0 Å². The molecule has 1 aromatic rings. The smallest absolute Gasteiger partial charge is 0.243 e. The minimum Gasteiger partial charge on any atom is -0.508 e. The van der Waals surface area contributed by atoms with Crippen molar-refractivity contribution in [3.05, 3.63) is 24.3 Å². The molecule has 1 saturated carbocycles. The molecule has 0 heterocycles. The number of sulfonamides is 1. The zero-order valence-corrected chi connectivity index (χ0v) is 12.2. The van der Waals surface area contributed by atoms with Crippen LogP contribution in [0.2, 0.25) is 0 Å². The fourth-order valence-electron chi connectivity index (χ4n) is 2.74. The van der Waals surface area contributed by atoms with Gasteiger partial charge in [-0.25, -0.2) is 8.42 Å². The first kappa shape index (κ1) is 14.3. The molecular formula is C14H21NO3S. The lowest BCUT2D eigenvalue weighted by Gasteiger charge is -2.33. The second kappa shape index (κ2) is 5.51. The topological polar surface area (TPSA) is 57.6 Å². The molecule has 1 aliphatic rings. The Hall–Kier alpha value is -1.07. The highest BCUT2D eigenvalue weighted by Crippen LogP contribution is 2.30. The Labute approximate surface area is 115 Å². The Morgan fingerprint density at radius 2 is 2.05 bits per heavy atom. The maximum Gasteiger partial charge on any atom is 0.243 e. The highest BCUT2D eigenvalue weighted by molar-refractivity contribution is 7.89. The Bertz CT molecular complexity index is 541. The minimum atomic E-state index is -3.51. The zero-order valence-electron chi connectivity index (χ0n) is 11.4. The standard InChI is InChI=1S/C14H21NO3S/c1-11-5-3-6-12(9-11)15(2)19(17,18)14-8-4-7-13(16)10-14/h4,7-8,10-12,16H,3,5-6,9H2,1-2H3. The van der Waals surface area contributed by atoms with Crippen molar-refractivity contribution >= 4 is 10.0 Å². The number of phenolic OH excluding ortho intramolecular Hbond substituents is 1. The van der Waals surface area contributed by atoms with Crippen LogP contribution in [0.5, 0.6) is 5.75 Å². The van der Waals surface area contributed by atoms with Crippen LogP contribution in [0.1, 0.15) is 32.6 Å². The molecule has 2 rings (SSSR count). The summed E-state index contributed by atoms with van der Waals surface area (Å²) in [6.45, 7) is 2.17. The number of hydrogen-bond acceptors (Lipinski definition) is 3. The van der Waals surface area contributed by atoms with Crippen molar-refractivity contribution in [2.24, 2.45) is 5.92 Å². The highest BCUT2D eigenvalue weighted by atomic mass is 32.2. The molecular weight excluding hydrogens is 262 g/mol. The van der Waals surface area contributed by atoms with E-state index >= 15 is 0 Å². The van der Waals surface area contributed by atoms with Crippen LogP contribution in [0.15, 0.2) is 29.2 Å². The summed E-state index contributed by atoms with van der Waals surface area (Å²) in [6.07, 6.45) is 4.08. The molecule has 0 aromatic heterocycles. The van der Waals surface area contributed by atoms with Crippen LogP contribution < -0.4 is 0 Å². The number of benzene rings is 1. The monoisotopic (exact) mass is 283 g/mol. The van der Waals surface area contributed by atoms with E-state index in [0.29, 0.717) is 5.92 Å². The van der Waals surface area contributed by atoms with Crippen LogP contribution in [0, 0.1) is 5.92 Å². The quantitative estimate of drug-likeness (QED) is 0.927. The molecule has 2 unspecified atom stereocenters. The number of aromatic hydroxyl groups is 1. The first-order chi connectivity index (χ1) is 8.91. The molecule has 0 spiro atoms. The summed E-state index contributed by atoms with van der Waals surface area (Å²) < 4.78 is 26.5. The lowest BCUT2D eigenvalue weighted by Crippen LogP contribution is -2.39. The summed E-state index contributed by atoms with van der Waals surface area (Å²) in [5.41, 5.74) is 0. The van der Waals surface area contributed by atoms with Crippen molar-refractivity contribution in [3.63, 3.8) is 0 Å². The van der Waals surface area contributed by atoms with Crippen molar-refractivity contribution in [2.45, 2.75) is 43.5 Å². The van der Waals surface area contributed by atoms with Crippen LogP contribution in [0.3, 0.4) is 0 Å². The number of rotatable bonds is 3. The van der Waals surface area contributed by atoms with Crippen LogP contribution in [-0.2, 0) is 10.0 Å². The van der Waals surface area contributed by atoms with Gasteiger partial charge in [-0.3, -0.25) is 0 Å². The predicted molar refractivity (Wildman–Crippen MR) is 74.5 cm³/mol. The minimum absolute atomic E-state index is 0.0218. The average molecular weight is 283 g/mol. The first-order valence-electron chi connectivity index (χ1n) is 6.68. The third kappa shape index (κ3) is 3.09. The lowest BCUT2D eigenvalue weighted by molar-refractivity contribution is 0.239. The largest absolute Gasteiger partial charge is 0.508 e. The van der Waals surface area contributed by atoms with E-state index in [2.05, 4.69) is 6.92 Å². The highest BCUT2D eigenvalue weighted by Gasteiger charge is 2.31. The summed E-state index contributed by atoms with van der Waals surface area (Å²) in [6, 6.07) is 5.92. The van der Waals surface area contributed by atoms with Crippen molar-refractivity contribution in [1.29, 1.82) is 0 Å². The number of nitrogens with zero attached hydrogens (tertiary/aromatic N) is 1. The summed E-state index contributed by atoms with van der Waals surface area (Å²) >= 11 is 0. The molecule has 19 heavy (non-hydrogen) atoms. The van der Waals surface area contributed by atoms with E-state index in [1.807, 2.05) is 0 Å². The van der Waals surface area contributed by atoms with Crippen molar-refractivity contribution in [2.75, 3.05) is 7.05 Å². The average Bonchev–Trinajstić information content (AvgIpc) is 2.38. The molecule has 0 amide bonds. The number of hydrogen-bond donors (Lipinski definition) is 1. The Morgan fingerprint density at radius 1 is 1.32 bits per heavy atom. The molecule has 1 N–H and O–H groups in total. The second-order valence-electron chi connectivity index (χ2n) is 5.44. The van der Waals surface area contributed by atoms with Gasteiger partial charge >= 0.3 is 0 Å². The normalized spacial score (nSPS) is 24.6. The van der Waals surface area contributed by atoms with E-state index < -0.39 is 10.0 Å². The lowest BCUT2D eigenvalue weighted by atomic mass is 9.87. The Kier molecular flexibility index (Phi) is 4.16. The molecule has 0 radical (unpaired) electrons. The molecule has 2 atom stereocenters. The Morgan fingerprint density at radius 3 is 2.68 bits per heavy atom. The summed E-state index contributed by atoms with van der Waals surface area (Å²) in [5, 5.41) is 9.43. The van der Waals surface area contributed by atoms with E-state index in [4.69, 9.17) is 0 Å². The Balaban J connectivity index is 2.24. The second-order valence-corrected chi connectivity index (χ2v) is 7.44. The van der Waals surface area contributed by atoms with Gasteiger partial charge in [0.1, 0.15) is 5.75 Å². The molecule has 0 aliphatic heterocycles. The van der Waals surface area contributed by atoms with Crippen LogP contribution in [0.4, 0.5) is 0 Å². The van der Waals surface area contributed by atoms with Gasteiger partial charge in [-0.15, -0.1) is 0 Å². The van der Waals surface area contributed by atoms with Crippen molar-refractivity contribution in [1.82, 2.24) is 4.31 Å². The fourth-order valence-corrected chi connectivity index (χ4v) is 4.18. The zero-order chi connectivity index (χ0) is 14.0. The van der Waals surface area contributed by atoms with Crippen LogP contribution in [-0.4, -0.2) is 30.9 Å². The summed E-state index contributed by atoms with van der Waals surface area (Å²) in [4.78, 5) is 0.160. The van der Waals surface area contributed by atoms with Gasteiger partial charge in [0, 0.05) is 13.1 Å². The molecule has 1 aliphatic carbocycles. The predicted octanol–water partition coefficient (Wildman–Crippen LogP) is 2.59. The summed E-state index contributed by atoms with van der Waals surface area (Å²) in [7, 11) is -1.87.